The molecule has 1 fully saturated rings. The molecular weight excluding hydrogens is 460 g/mol. The van der Waals surface area contributed by atoms with Crippen molar-refractivity contribution in [2.45, 2.75) is 17.7 Å². The molecule has 0 unspecified atom stereocenters. The van der Waals surface area contributed by atoms with E-state index < -0.39 is 28.5 Å². The lowest BCUT2D eigenvalue weighted by Crippen LogP contribution is -2.28. The molecule has 1 saturated heterocycles. The monoisotopic (exact) mass is 480 g/mol. The lowest BCUT2D eigenvalue weighted by atomic mass is 10.2. The predicted molar refractivity (Wildman–Crippen MR) is 116 cm³/mol. The minimum absolute atomic E-state index is 0.0145. The quantitative estimate of drug-likeness (QED) is 0.632. The summed E-state index contributed by atoms with van der Waals surface area (Å²) >= 11 is 6.09. The number of carbonyl (C=O) groups is 2. The Morgan fingerprint density at radius 2 is 1.75 bits per heavy atom. The highest BCUT2D eigenvalue weighted by Gasteiger charge is 2.30. The van der Waals surface area contributed by atoms with Crippen LogP contribution >= 0.6 is 11.6 Å². The molecule has 2 aromatic carbocycles. The molecule has 2 aliphatic heterocycles. The highest BCUT2D eigenvalue weighted by Crippen LogP contribution is 2.32. The summed E-state index contributed by atoms with van der Waals surface area (Å²) in [4.78, 5) is 24.4. The van der Waals surface area contributed by atoms with Crippen LogP contribution in [0, 0.1) is 0 Å². The minimum atomic E-state index is -3.81. The Bertz CT molecular complexity index is 1150. The van der Waals surface area contributed by atoms with Gasteiger partial charge in [-0.2, -0.15) is 4.31 Å². The van der Waals surface area contributed by atoms with Gasteiger partial charge < -0.3 is 19.5 Å². The second-order valence-corrected chi connectivity index (χ2v) is 9.55. The van der Waals surface area contributed by atoms with Crippen molar-refractivity contribution in [1.82, 2.24) is 4.31 Å². The van der Waals surface area contributed by atoms with E-state index in [2.05, 4.69) is 5.32 Å². The van der Waals surface area contributed by atoms with Crippen LogP contribution in [0.4, 0.5) is 5.69 Å². The second kappa shape index (κ2) is 9.35. The van der Waals surface area contributed by atoms with Crippen LogP contribution in [0.2, 0.25) is 5.02 Å². The van der Waals surface area contributed by atoms with Crippen molar-refractivity contribution in [2.75, 3.05) is 38.2 Å². The van der Waals surface area contributed by atoms with Crippen LogP contribution < -0.4 is 14.8 Å². The Hall–Kier alpha value is -2.82. The maximum absolute atomic E-state index is 12.8. The zero-order valence-corrected chi connectivity index (χ0v) is 18.6. The van der Waals surface area contributed by atoms with Gasteiger partial charge in [0.25, 0.3) is 5.91 Å². The molecule has 4 rings (SSSR count). The number of hydrogen-bond donors (Lipinski definition) is 1. The van der Waals surface area contributed by atoms with Gasteiger partial charge in [-0.3, -0.25) is 4.79 Å². The van der Waals surface area contributed by atoms with Crippen molar-refractivity contribution in [3.63, 3.8) is 0 Å². The first-order chi connectivity index (χ1) is 15.3. The normalized spacial score (nSPS) is 15.9. The van der Waals surface area contributed by atoms with E-state index in [0.29, 0.717) is 43.5 Å². The molecule has 0 radical (unpaired) electrons. The summed E-state index contributed by atoms with van der Waals surface area (Å²) in [7, 11) is -3.81. The van der Waals surface area contributed by atoms with Gasteiger partial charge in [0.15, 0.2) is 18.1 Å². The second-order valence-electron chi connectivity index (χ2n) is 7.24. The number of esters is 1. The summed E-state index contributed by atoms with van der Waals surface area (Å²) in [6.07, 6.45) is 1.55. The van der Waals surface area contributed by atoms with Crippen LogP contribution in [0.5, 0.6) is 11.5 Å². The highest BCUT2D eigenvalue weighted by molar-refractivity contribution is 7.89. The van der Waals surface area contributed by atoms with E-state index >= 15 is 0 Å². The fourth-order valence-corrected chi connectivity index (χ4v) is 5.45. The maximum atomic E-state index is 12.8. The standard InChI is InChI=1S/C21H21ClN2O7S/c22-16-5-3-14(11-19(16)32(27,28)24-7-1-2-8-24)21(26)31-13-20(25)23-15-4-6-17-18(12-15)30-10-9-29-17/h3-6,11-12H,1-2,7-10,13H2,(H,23,25). The van der Waals surface area contributed by atoms with Crippen molar-refractivity contribution >= 4 is 39.2 Å². The summed E-state index contributed by atoms with van der Waals surface area (Å²) in [5.74, 6) is -0.298. The first kappa shape index (κ1) is 22.4. The topological polar surface area (TPSA) is 111 Å². The van der Waals surface area contributed by atoms with Crippen molar-refractivity contribution in [1.29, 1.82) is 0 Å². The number of halogens is 1. The molecule has 170 valence electrons. The number of carbonyl (C=O) groups excluding carboxylic acids is 2. The number of fused-ring (bicyclic) bond motifs is 1. The zero-order valence-electron chi connectivity index (χ0n) is 17.0. The molecule has 0 spiro atoms. The van der Waals surface area contributed by atoms with Crippen molar-refractivity contribution in [3.8, 4) is 11.5 Å². The van der Waals surface area contributed by atoms with E-state index in [1.54, 1.807) is 18.2 Å². The third-order valence-corrected chi connectivity index (χ3v) is 7.39. The van der Waals surface area contributed by atoms with Gasteiger partial charge in [0.1, 0.15) is 18.1 Å². The first-order valence-corrected chi connectivity index (χ1v) is 11.8. The molecular formula is C21H21ClN2O7S. The molecule has 1 N–H and O–H groups in total. The van der Waals surface area contributed by atoms with Crippen molar-refractivity contribution in [3.05, 3.63) is 47.0 Å². The fraction of sp³-hybridized carbons (Fsp3) is 0.333. The molecule has 2 aromatic rings. The lowest BCUT2D eigenvalue weighted by Gasteiger charge is -2.19. The number of sulfonamides is 1. The number of rotatable bonds is 6. The number of nitrogens with one attached hydrogen (secondary N) is 1. The maximum Gasteiger partial charge on any atom is 0.338 e. The summed E-state index contributed by atoms with van der Waals surface area (Å²) in [6, 6.07) is 8.79. The third-order valence-electron chi connectivity index (χ3n) is 5.01. The molecule has 2 aliphatic rings. The van der Waals surface area contributed by atoms with E-state index in [4.69, 9.17) is 25.8 Å². The molecule has 0 atom stereocenters. The minimum Gasteiger partial charge on any atom is -0.486 e. The number of amides is 1. The van der Waals surface area contributed by atoms with Gasteiger partial charge in [0.2, 0.25) is 10.0 Å². The zero-order chi connectivity index (χ0) is 22.7. The molecule has 0 aliphatic carbocycles. The Balaban J connectivity index is 1.39. The Labute approximate surface area is 190 Å². The summed E-state index contributed by atoms with van der Waals surface area (Å²) in [5.41, 5.74) is 0.445. The molecule has 32 heavy (non-hydrogen) atoms. The van der Waals surface area contributed by atoms with E-state index in [0.717, 1.165) is 12.8 Å². The summed E-state index contributed by atoms with van der Waals surface area (Å²) in [5, 5.41) is 2.62. The van der Waals surface area contributed by atoms with Crippen LogP contribution in [-0.4, -0.2) is 57.5 Å². The SMILES string of the molecule is O=C(COC(=O)c1ccc(Cl)c(S(=O)(=O)N2CCCC2)c1)Nc1ccc2c(c1)OCCO2. The average molecular weight is 481 g/mol. The van der Waals surface area contributed by atoms with Crippen LogP contribution in [0.1, 0.15) is 23.2 Å². The Morgan fingerprint density at radius 3 is 2.50 bits per heavy atom. The molecule has 0 aromatic heterocycles. The van der Waals surface area contributed by atoms with Gasteiger partial charge in [-0.25, -0.2) is 13.2 Å². The average Bonchev–Trinajstić information content (AvgIpc) is 3.33. The van der Waals surface area contributed by atoms with Gasteiger partial charge in [0.05, 0.1) is 10.6 Å². The molecule has 2 heterocycles. The van der Waals surface area contributed by atoms with Crippen molar-refractivity contribution < 1.29 is 32.2 Å². The largest absolute Gasteiger partial charge is 0.486 e. The van der Waals surface area contributed by atoms with Crippen LogP contribution in [-0.2, 0) is 19.6 Å². The van der Waals surface area contributed by atoms with Crippen molar-refractivity contribution in [2.24, 2.45) is 0 Å². The predicted octanol–water partition coefficient (Wildman–Crippen LogP) is 2.69. The van der Waals surface area contributed by atoms with Gasteiger partial charge in [-0.05, 0) is 43.2 Å². The van der Waals surface area contributed by atoms with Crippen LogP contribution in [0.15, 0.2) is 41.3 Å². The van der Waals surface area contributed by atoms with Crippen LogP contribution in [0.25, 0.3) is 0 Å². The van der Waals surface area contributed by atoms with Gasteiger partial charge in [-0.15, -0.1) is 0 Å². The first-order valence-electron chi connectivity index (χ1n) is 10.0. The fourth-order valence-electron chi connectivity index (χ4n) is 3.43. The number of nitrogens with zero attached hydrogens (tertiary/aromatic N) is 1. The Kier molecular flexibility index (Phi) is 6.54. The number of benzene rings is 2. The number of ether oxygens (including phenoxy) is 3. The molecule has 9 nitrogen and oxygen atoms in total. The van der Waals surface area contributed by atoms with E-state index in [9.17, 15) is 18.0 Å². The molecule has 11 heteroatoms. The summed E-state index contributed by atoms with van der Waals surface area (Å²) < 4.78 is 42.9. The summed E-state index contributed by atoms with van der Waals surface area (Å²) in [6.45, 7) is 1.14. The lowest BCUT2D eigenvalue weighted by molar-refractivity contribution is -0.119. The van der Waals surface area contributed by atoms with E-state index in [1.165, 1.54) is 22.5 Å². The molecule has 0 saturated carbocycles. The Morgan fingerprint density at radius 1 is 1.03 bits per heavy atom. The molecule has 1 amide bonds. The van der Waals surface area contributed by atoms with E-state index in [-0.39, 0.29) is 15.5 Å². The van der Waals surface area contributed by atoms with Crippen LogP contribution in [0.3, 0.4) is 0 Å². The van der Waals surface area contributed by atoms with Gasteiger partial charge in [-0.1, -0.05) is 11.6 Å². The smallest absolute Gasteiger partial charge is 0.338 e. The highest BCUT2D eigenvalue weighted by atomic mass is 35.5. The molecule has 0 bridgehead atoms. The van der Waals surface area contributed by atoms with Gasteiger partial charge >= 0.3 is 5.97 Å². The third kappa shape index (κ3) is 4.82. The number of hydrogen-bond acceptors (Lipinski definition) is 7. The number of anilines is 1. The van der Waals surface area contributed by atoms with Gasteiger partial charge in [0, 0.05) is 24.8 Å². The van der Waals surface area contributed by atoms with E-state index in [1.807, 2.05) is 0 Å².